The van der Waals surface area contributed by atoms with E-state index in [0.29, 0.717) is 0 Å². The van der Waals surface area contributed by atoms with Crippen LogP contribution in [0.3, 0.4) is 0 Å². The number of aryl methyl sites for hydroxylation is 4. The Hall–Kier alpha value is -2.28. The predicted octanol–water partition coefficient (Wildman–Crippen LogP) is 7.11. The van der Waals surface area contributed by atoms with Gasteiger partial charge in [-0.15, -0.1) is 12.1 Å². The summed E-state index contributed by atoms with van der Waals surface area (Å²) in [5.41, 5.74) is 6.51. The van der Waals surface area contributed by atoms with E-state index in [-0.39, 0.29) is 15.1 Å². The van der Waals surface area contributed by atoms with E-state index in [1.54, 1.807) is 0 Å². The maximum absolute atomic E-state index is 7.75. The summed E-state index contributed by atoms with van der Waals surface area (Å²) in [4.78, 5) is 15.5. The van der Waals surface area contributed by atoms with Gasteiger partial charge in [0.2, 0.25) is 0 Å². The van der Waals surface area contributed by atoms with E-state index in [9.17, 15) is 0 Å². The number of carbonyl (C=O) groups excluding carboxylic acids is 2. The van der Waals surface area contributed by atoms with Crippen molar-refractivity contribution in [1.29, 1.82) is 0 Å². The molecule has 0 aliphatic heterocycles. The molecule has 4 rings (SSSR count). The second kappa shape index (κ2) is 20.7. The van der Waals surface area contributed by atoms with Crippen molar-refractivity contribution in [1.82, 2.24) is 0 Å². The molecule has 0 heterocycles. The van der Waals surface area contributed by atoms with Crippen LogP contribution < -0.4 is 15.9 Å². The van der Waals surface area contributed by atoms with Gasteiger partial charge in [0.05, 0.1) is 7.92 Å². The maximum atomic E-state index is 7.75. The first-order chi connectivity index (χ1) is 17.9. The van der Waals surface area contributed by atoms with E-state index >= 15 is 0 Å². The quantitative estimate of drug-likeness (QED) is 0.104. The van der Waals surface area contributed by atoms with E-state index in [1.165, 1.54) is 38.2 Å². The fourth-order valence-corrected chi connectivity index (χ4v) is 6.64. The average Bonchev–Trinajstić information content (AvgIpc) is 2.93. The summed E-state index contributed by atoms with van der Waals surface area (Å²) < 4.78 is 0. The molecule has 6 heteroatoms. The van der Waals surface area contributed by atoms with E-state index in [4.69, 9.17) is 29.0 Å². The van der Waals surface area contributed by atoms with Crippen molar-refractivity contribution in [2.75, 3.05) is 0 Å². The average molecular weight is 641 g/mol. The Bertz CT molecular complexity index is 1080. The summed E-state index contributed by atoms with van der Waals surface area (Å²) in [7, 11) is 8.77. The molecule has 2 nitrogen and oxygen atoms in total. The zero-order valence-corrected chi connectivity index (χ0v) is 25.8. The van der Waals surface area contributed by atoms with Gasteiger partial charge in [-0.3, -0.25) is 13.6 Å². The first-order valence-electron chi connectivity index (χ1n) is 11.2. The van der Waals surface area contributed by atoms with Crippen LogP contribution in [0.25, 0.3) is 0 Å². The van der Waals surface area contributed by atoms with Crippen LogP contribution in [-0.4, -0.2) is 13.6 Å². The van der Waals surface area contributed by atoms with Gasteiger partial charge >= 0.3 is 34.5 Å². The van der Waals surface area contributed by atoms with Crippen LogP contribution in [0, 0.1) is 34.6 Å². The molecule has 4 aromatic carbocycles. The van der Waals surface area contributed by atoms with Crippen LogP contribution in [0.15, 0.2) is 97.1 Å². The summed E-state index contributed by atoms with van der Waals surface area (Å²) >= 11 is -0.346. The monoisotopic (exact) mass is 640 g/mol. The van der Waals surface area contributed by atoms with Crippen LogP contribution in [-0.2, 0) is 24.7 Å². The van der Waals surface area contributed by atoms with Crippen LogP contribution in [0.1, 0.15) is 27.8 Å². The molecule has 0 amide bonds. The molecule has 0 saturated carbocycles. The van der Waals surface area contributed by atoms with Gasteiger partial charge in [0.15, 0.2) is 0 Å². The number of benzene rings is 4. The normalized spacial score (nSPS) is 9.27. The van der Waals surface area contributed by atoms with Crippen LogP contribution >= 0.6 is 27.3 Å². The SMILES string of the molecule is Cc1cccc(C)c1[PH+](c1ccccc1)c1ccccc1.[CH-]=O.[CH-]=O.[CH2-]c1c(C)cccc1C.[Cl][Ru][Cl]. The van der Waals surface area contributed by atoms with Crippen molar-refractivity contribution in [2.24, 2.45) is 0 Å². The zero-order valence-electron chi connectivity index (χ0n) is 21.5. The molecule has 0 aromatic heterocycles. The van der Waals surface area contributed by atoms with Crippen LogP contribution in [0.4, 0.5) is 0 Å². The van der Waals surface area contributed by atoms with Gasteiger partial charge < -0.3 is 9.59 Å². The predicted molar refractivity (Wildman–Crippen MR) is 162 cm³/mol. The van der Waals surface area contributed by atoms with Crippen molar-refractivity contribution < 1.29 is 24.7 Å². The van der Waals surface area contributed by atoms with Crippen molar-refractivity contribution in [3.63, 3.8) is 0 Å². The number of hydrogen-bond acceptors (Lipinski definition) is 2. The Morgan fingerprint density at radius 2 is 0.865 bits per heavy atom. The van der Waals surface area contributed by atoms with Crippen LogP contribution in [0.2, 0.25) is 0 Å². The Balaban J connectivity index is 0.000000675. The fourth-order valence-electron chi connectivity index (χ4n) is 3.72. The van der Waals surface area contributed by atoms with Crippen LogP contribution in [0.5, 0.6) is 0 Å². The van der Waals surface area contributed by atoms with Crippen molar-refractivity contribution in [3.8, 4) is 0 Å². The number of hydrogen-bond donors (Lipinski definition) is 0. The molecule has 37 heavy (non-hydrogen) atoms. The van der Waals surface area contributed by atoms with Gasteiger partial charge in [0, 0.05) is 0 Å². The molecule has 0 unspecified atom stereocenters. The summed E-state index contributed by atoms with van der Waals surface area (Å²) in [6.07, 6.45) is 0. The summed E-state index contributed by atoms with van der Waals surface area (Å²) in [5, 5.41) is 4.43. The molecule has 4 aromatic rings. The second-order valence-corrected chi connectivity index (χ2v) is 12.8. The first-order valence-corrected chi connectivity index (χ1v) is 17.1. The molecule has 0 aliphatic rings. The van der Waals surface area contributed by atoms with Gasteiger partial charge in [0.1, 0.15) is 15.9 Å². The Morgan fingerprint density at radius 1 is 0.568 bits per heavy atom. The standard InChI is InChI=1S/C20H19P.C9H11.2CHO.2ClH.Ru/c1-16-10-9-11-17(2)20(16)21(18-12-5-3-6-13-18)19-14-7-4-8-15-19;1-7-5-4-6-8(2)9(7)3;2*1-2;;;/h3-15H,1-2H3;4-6H,3H2,1-2H3;2*1H;2*1H;/q;3*-1;;;+2/p-1. The summed E-state index contributed by atoms with van der Waals surface area (Å²) in [5.74, 6) is 0. The Morgan fingerprint density at radius 3 is 1.16 bits per heavy atom. The molecule has 0 radical (unpaired) electrons. The Labute approximate surface area is 239 Å². The molecule has 198 valence electrons. The number of rotatable bonds is 3. The van der Waals surface area contributed by atoms with Gasteiger partial charge in [-0.2, -0.15) is 23.6 Å². The molecule has 0 bridgehead atoms. The second-order valence-electron chi connectivity index (χ2n) is 7.79. The molecular formula is C31H33Cl2O2PRu-2. The molecule has 0 fully saturated rings. The van der Waals surface area contributed by atoms with E-state index in [0.717, 1.165) is 5.56 Å². The van der Waals surface area contributed by atoms with E-state index in [2.05, 4.69) is 145 Å². The fraction of sp³-hybridized carbons (Fsp3) is 0.129. The summed E-state index contributed by atoms with van der Waals surface area (Å²) in [6, 6.07) is 34.7. The number of halogens is 2. The molecular weight excluding hydrogens is 607 g/mol. The van der Waals surface area contributed by atoms with Gasteiger partial charge in [-0.25, -0.2) is 0 Å². The van der Waals surface area contributed by atoms with Gasteiger partial charge in [-0.1, -0.05) is 74.5 Å². The molecule has 0 saturated heterocycles. The van der Waals surface area contributed by atoms with Crippen molar-refractivity contribution in [3.05, 3.63) is 132 Å². The third-order valence-corrected chi connectivity index (χ3v) is 8.61. The molecule has 0 atom stereocenters. The first kappa shape index (κ1) is 34.7. The van der Waals surface area contributed by atoms with E-state index < -0.39 is 7.92 Å². The van der Waals surface area contributed by atoms with Crippen molar-refractivity contribution in [2.45, 2.75) is 27.7 Å². The third-order valence-electron chi connectivity index (χ3n) is 5.50. The minimum absolute atomic E-state index is 0.346. The zero-order chi connectivity index (χ0) is 28.2. The topological polar surface area (TPSA) is 34.1 Å². The van der Waals surface area contributed by atoms with Gasteiger partial charge in [-0.05, 0) is 49.2 Å². The third kappa shape index (κ3) is 11.8. The molecule has 0 aliphatic carbocycles. The Kier molecular flexibility index (Phi) is 19.5. The van der Waals surface area contributed by atoms with Gasteiger partial charge in [0.25, 0.3) is 0 Å². The minimum atomic E-state index is -0.938. The molecule has 0 N–H and O–H groups in total. The van der Waals surface area contributed by atoms with Crippen molar-refractivity contribution >= 4 is 56.8 Å². The van der Waals surface area contributed by atoms with E-state index in [1.807, 2.05) is 0 Å². The summed E-state index contributed by atoms with van der Waals surface area (Å²) in [6.45, 7) is 19.0. The molecule has 0 spiro atoms.